The average molecular weight is 293 g/mol. The Morgan fingerprint density at radius 3 is 2.53 bits per heavy atom. The second kappa shape index (κ2) is 5.71. The Morgan fingerprint density at radius 2 is 1.89 bits per heavy atom. The second-order valence-corrected chi connectivity index (χ2v) is 5.54. The van der Waals surface area contributed by atoms with Crippen LogP contribution in [-0.4, -0.2) is 11.3 Å². The van der Waals surface area contributed by atoms with Gasteiger partial charge in [0.25, 0.3) is 0 Å². The molecule has 0 radical (unpaired) electrons. The van der Waals surface area contributed by atoms with E-state index >= 15 is 0 Å². The van der Waals surface area contributed by atoms with E-state index in [1.54, 1.807) is 24.3 Å². The summed E-state index contributed by atoms with van der Waals surface area (Å²) in [5.74, 6) is -1.68. The van der Waals surface area contributed by atoms with Crippen molar-refractivity contribution >= 4 is 11.6 Å². The summed E-state index contributed by atoms with van der Waals surface area (Å²) in [4.78, 5) is 0. The number of halogens is 4. The largest absolute Gasteiger partial charge is 0.391 e. The van der Waals surface area contributed by atoms with Gasteiger partial charge < -0.3 is 5.11 Å². The van der Waals surface area contributed by atoms with Crippen molar-refractivity contribution in [2.24, 2.45) is 11.8 Å². The van der Waals surface area contributed by atoms with Crippen LogP contribution < -0.4 is 0 Å². The molecule has 0 bridgehead atoms. The summed E-state index contributed by atoms with van der Waals surface area (Å²) in [6.45, 7) is 0. The van der Waals surface area contributed by atoms with Crippen LogP contribution in [0.4, 0.5) is 13.2 Å². The monoisotopic (exact) mass is 292 g/mol. The van der Waals surface area contributed by atoms with Crippen LogP contribution in [0.5, 0.6) is 0 Å². The Labute approximate surface area is 115 Å². The third kappa shape index (κ3) is 3.42. The zero-order chi connectivity index (χ0) is 14.0. The van der Waals surface area contributed by atoms with E-state index < -0.39 is 18.2 Å². The fourth-order valence-corrected chi connectivity index (χ4v) is 3.03. The van der Waals surface area contributed by atoms with Crippen molar-refractivity contribution in [1.29, 1.82) is 0 Å². The third-order valence-electron chi connectivity index (χ3n) is 3.85. The molecular formula is C14H16ClF3O. The van der Waals surface area contributed by atoms with Crippen molar-refractivity contribution in [2.45, 2.75) is 38.0 Å². The van der Waals surface area contributed by atoms with E-state index in [2.05, 4.69) is 0 Å². The van der Waals surface area contributed by atoms with Gasteiger partial charge >= 0.3 is 6.18 Å². The summed E-state index contributed by atoms with van der Waals surface area (Å²) in [5, 5.41) is 10.7. The molecule has 19 heavy (non-hydrogen) atoms. The predicted molar refractivity (Wildman–Crippen MR) is 67.9 cm³/mol. The van der Waals surface area contributed by atoms with Crippen LogP contribution in [0.25, 0.3) is 0 Å². The first-order valence-electron chi connectivity index (χ1n) is 6.39. The molecule has 1 aromatic rings. The molecule has 1 N–H and O–H groups in total. The van der Waals surface area contributed by atoms with Gasteiger partial charge in [-0.1, -0.05) is 36.2 Å². The molecule has 1 nitrogen and oxygen atoms in total. The number of hydrogen-bond acceptors (Lipinski definition) is 1. The lowest BCUT2D eigenvalue weighted by Crippen LogP contribution is -2.31. The summed E-state index contributed by atoms with van der Waals surface area (Å²) >= 11 is 5.98. The van der Waals surface area contributed by atoms with Gasteiger partial charge in [0.05, 0.1) is 12.0 Å². The Bertz CT molecular complexity index is 433. The van der Waals surface area contributed by atoms with Crippen LogP contribution in [-0.2, 0) is 0 Å². The highest BCUT2D eigenvalue weighted by Gasteiger charge is 2.43. The maximum Gasteiger partial charge on any atom is 0.391 e. The number of hydrogen-bond donors (Lipinski definition) is 1. The van der Waals surface area contributed by atoms with Gasteiger partial charge in [0.15, 0.2) is 0 Å². The number of rotatable bonds is 2. The molecule has 1 fully saturated rings. The number of benzene rings is 1. The van der Waals surface area contributed by atoms with Gasteiger partial charge in [-0.3, -0.25) is 0 Å². The van der Waals surface area contributed by atoms with Crippen molar-refractivity contribution < 1.29 is 18.3 Å². The van der Waals surface area contributed by atoms with Gasteiger partial charge in [-0.25, -0.2) is 0 Å². The topological polar surface area (TPSA) is 20.2 Å². The van der Waals surface area contributed by atoms with Crippen LogP contribution in [0.3, 0.4) is 0 Å². The van der Waals surface area contributed by atoms with Crippen LogP contribution in [0, 0.1) is 11.8 Å². The molecule has 0 saturated heterocycles. The van der Waals surface area contributed by atoms with Gasteiger partial charge in [0.2, 0.25) is 0 Å². The van der Waals surface area contributed by atoms with Crippen LogP contribution >= 0.6 is 11.6 Å². The predicted octanol–water partition coefficient (Wildman–Crippen LogP) is 4.74. The molecule has 106 valence electrons. The highest BCUT2D eigenvalue weighted by molar-refractivity contribution is 6.31. The fraction of sp³-hybridized carbons (Fsp3) is 0.571. The SMILES string of the molecule is OC(c1ccccc1Cl)C1CCCC(C(F)(F)F)C1. The Hall–Kier alpha value is -0.740. The van der Waals surface area contributed by atoms with Crippen molar-refractivity contribution in [3.63, 3.8) is 0 Å². The summed E-state index contributed by atoms with van der Waals surface area (Å²) < 4.78 is 38.3. The molecule has 0 heterocycles. The summed E-state index contributed by atoms with van der Waals surface area (Å²) in [5.41, 5.74) is 0.525. The van der Waals surface area contributed by atoms with Crippen molar-refractivity contribution in [3.05, 3.63) is 34.9 Å². The Morgan fingerprint density at radius 1 is 1.21 bits per heavy atom. The smallest absolute Gasteiger partial charge is 0.388 e. The molecule has 2 rings (SSSR count). The molecule has 5 heteroatoms. The van der Waals surface area contributed by atoms with Crippen LogP contribution in [0.2, 0.25) is 5.02 Å². The van der Waals surface area contributed by atoms with E-state index in [1.807, 2.05) is 0 Å². The average Bonchev–Trinajstić information content (AvgIpc) is 2.38. The standard InChI is InChI=1S/C14H16ClF3O/c15-12-7-2-1-6-11(12)13(19)9-4-3-5-10(8-9)14(16,17)18/h1-2,6-7,9-10,13,19H,3-5,8H2. The maximum absolute atomic E-state index is 12.8. The van der Waals surface area contributed by atoms with Crippen LogP contribution in [0.15, 0.2) is 24.3 Å². The van der Waals surface area contributed by atoms with Gasteiger partial charge in [-0.2, -0.15) is 13.2 Å². The first kappa shape index (κ1) is 14.7. The minimum Gasteiger partial charge on any atom is -0.388 e. The van der Waals surface area contributed by atoms with E-state index in [-0.39, 0.29) is 18.8 Å². The van der Waals surface area contributed by atoms with Gasteiger partial charge in [-0.15, -0.1) is 0 Å². The summed E-state index contributed by atoms with van der Waals surface area (Å²) in [7, 11) is 0. The molecule has 1 aliphatic carbocycles. The van der Waals surface area contributed by atoms with Crippen molar-refractivity contribution in [1.82, 2.24) is 0 Å². The fourth-order valence-electron chi connectivity index (χ4n) is 2.78. The molecular weight excluding hydrogens is 277 g/mol. The molecule has 0 aromatic heterocycles. The van der Waals surface area contributed by atoms with Crippen molar-refractivity contribution in [3.8, 4) is 0 Å². The molecule has 0 spiro atoms. The zero-order valence-electron chi connectivity index (χ0n) is 10.3. The number of aliphatic hydroxyl groups excluding tert-OH is 1. The number of alkyl halides is 3. The van der Waals surface area contributed by atoms with E-state index in [9.17, 15) is 18.3 Å². The molecule has 1 aromatic carbocycles. The van der Waals surface area contributed by atoms with E-state index in [1.165, 1.54) is 0 Å². The third-order valence-corrected chi connectivity index (χ3v) is 4.19. The zero-order valence-corrected chi connectivity index (χ0v) is 11.1. The highest BCUT2D eigenvalue weighted by atomic mass is 35.5. The van der Waals surface area contributed by atoms with E-state index in [4.69, 9.17) is 11.6 Å². The van der Waals surface area contributed by atoms with Crippen LogP contribution in [0.1, 0.15) is 37.4 Å². The normalized spacial score (nSPS) is 26.2. The van der Waals surface area contributed by atoms with Crippen molar-refractivity contribution in [2.75, 3.05) is 0 Å². The lowest BCUT2D eigenvalue weighted by molar-refractivity contribution is -0.189. The first-order chi connectivity index (χ1) is 8.89. The molecule has 1 saturated carbocycles. The molecule has 0 aliphatic heterocycles. The molecule has 3 unspecified atom stereocenters. The minimum absolute atomic E-state index is 0.0180. The number of aliphatic hydroxyl groups is 1. The van der Waals surface area contributed by atoms with Gasteiger partial charge in [-0.05, 0) is 36.8 Å². The Balaban J connectivity index is 2.12. The molecule has 0 amide bonds. The lowest BCUT2D eigenvalue weighted by atomic mass is 9.77. The quantitative estimate of drug-likeness (QED) is 0.834. The molecule has 1 aliphatic rings. The molecule has 3 atom stereocenters. The van der Waals surface area contributed by atoms with E-state index in [0.717, 1.165) is 0 Å². The Kier molecular flexibility index (Phi) is 4.41. The second-order valence-electron chi connectivity index (χ2n) is 5.13. The van der Waals surface area contributed by atoms with E-state index in [0.29, 0.717) is 23.4 Å². The summed E-state index contributed by atoms with van der Waals surface area (Å²) in [6, 6.07) is 6.78. The lowest BCUT2D eigenvalue weighted by Gasteiger charge is -2.33. The van der Waals surface area contributed by atoms with Gasteiger partial charge in [0, 0.05) is 5.02 Å². The van der Waals surface area contributed by atoms with Gasteiger partial charge in [0.1, 0.15) is 0 Å². The first-order valence-corrected chi connectivity index (χ1v) is 6.76. The highest BCUT2D eigenvalue weighted by Crippen LogP contribution is 2.44. The summed E-state index contributed by atoms with van der Waals surface area (Å²) in [6.07, 6.45) is -3.84. The maximum atomic E-state index is 12.8. The minimum atomic E-state index is -4.17.